The maximum Gasteiger partial charge on any atom is 0.303 e. The van der Waals surface area contributed by atoms with Gasteiger partial charge in [-0.1, -0.05) is 26.0 Å². The molecule has 1 spiro atoms. The van der Waals surface area contributed by atoms with Gasteiger partial charge in [0, 0.05) is 26.5 Å². The lowest BCUT2D eigenvalue weighted by Gasteiger charge is -2.42. The standard InChI is InChI=1S/C29H45NO8/c1-17-12-22(30-25(32)9-8-18(2)36-20(4)31)19(3)37-24(17)13-21-14-27(21,5)11-10-23-26(33)29(16-35-29)15-28(6,34-7)38-23/h8-11,17-19,21-24,26,33H,12-16H2,1-7H3,(H,30,32)/b9-8-,11-10+/t17-,18-,19+,21?,22+,23?,24-,26+,27?,28-,29+/m0/s1. The van der Waals surface area contributed by atoms with E-state index in [0.29, 0.717) is 24.9 Å². The number of carbonyl (C=O) groups excluding carboxylic acids is 2. The van der Waals surface area contributed by atoms with Crippen LogP contribution >= 0.6 is 0 Å². The molecule has 1 amide bonds. The van der Waals surface area contributed by atoms with Crippen molar-refractivity contribution in [1.82, 2.24) is 5.32 Å². The van der Waals surface area contributed by atoms with Gasteiger partial charge in [-0.2, -0.15) is 0 Å². The van der Waals surface area contributed by atoms with Crippen molar-refractivity contribution in [2.24, 2.45) is 17.3 Å². The maximum absolute atomic E-state index is 12.4. The summed E-state index contributed by atoms with van der Waals surface area (Å²) < 4.78 is 28.7. The molecule has 4 fully saturated rings. The number of allylic oxidation sites excluding steroid dienone is 1. The number of methoxy groups -OCH3 is 1. The number of epoxide rings is 1. The number of aliphatic hydroxyl groups is 1. The Morgan fingerprint density at radius 2 is 1.97 bits per heavy atom. The first kappa shape index (κ1) is 29.2. The zero-order chi connectivity index (χ0) is 27.9. The lowest BCUT2D eigenvalue weighted by atomic mass is 9.85. The van der Waals surface area contributed by atoms with Gasteiger partial charge in [-0.05, 0) is 63.4 Å². The Hall–Kier alpha value is -1.78. The number of ether oxygens (including phenoxy) is 5. The smallest absolute Gasteiger partial charge is 0.303 e. The van der Waals surface area contributed by atoms with Gasteiger partial charge in [0.2, 0.25) is 5.91 Å². The van der Waals surface area contributed by atoms with Gasteiger partial charge < -0.3 is 34.1 Å². The molecule has 11 atom stereocenters. The molecule has 38 heavy (non-hydrogen) atoms. The molecule has 9 nitrogen and oxygen atoms in total. The number of hydrogen-bond acceptors (Lipinski definition) is 8. The first-order chi connectivity index (χ1) is 17.8. The van der Waals surface area contributed by atoms with E-state index in [1.807, 2.05) is 19.9 Å². The molecule has 214 valence electrons. The summed E-state index contributed by atoms with van der Waals surface area (Å²) in [6.07, 6.45) is 8.89. The minimum Gasteiger partial charge on any atom is -0.459 e. The Morgan fingerprint density at radius 1 is 1.26 bits per heavy atom. The molecule has 3 saturated heterocycles. The highest BCUT2D eigenvalue weighted by molar-refractivity contribution is 5.87. The minimum absolute atomic E-state index is 0.0301. The Morgan fingerprint density at radius 3 is 2.61 bits per heavy atom. The molecule has 9 heteroatoms. The van der Waals surface area contributed by atoms with Crippen molar-refractivity contribution in [2.45, 2.75) is 115 Å². The molecule has 1 saturated carbocycles. The van der Waals surface area contributed by atoms with E-state index in [0.717, 1.165) is 19.3 Å². The van der Waals surface area contributed by atoms with E-state index in [2.05, 4.69) is 25.2 Å². The normalized spacial score (nSPS) is 45.3. The third-order valence-corrected chi connectivity index (χ3v) is 8.86. The third-order valence-electron chi connectivity index (χ3n) is 8.86. The number of hydrogen-bond donors (Lipinski definition) is 2. The van der Waals surface area contributed by atoms with E-state index < -0.39 is 29.7 Å². The number of nitrogens with one attached hydrogen (secondary N) is 1. The van der Waals surface area contributed by atoms with E-state index >= 15 is 0 Å². The van der Waals surface area contributed by atoms with Crippen molar-refractivity contribution < 1.29 is 38.4 Å². The van der Waals surface area contributed by atoms with Crippen LogP contribution in [0.4, 0.5) is 0 Å². The Bertz CT molecular complexity index is 947. The molecule has 3 aliphatic heterocycles. The summed E-state index contributed by atoms with van der Waals surface area (Å²) in [6, 6.07) is -0.0788. The van der Waals surface area contributed by atoms with Gasteiger partial charge in [0.25, 0.3) is 0 Å². The van der Waals surface area contributed by atoms with Crippen LogP contribution in [0, 0.1) is 17.3 Å². The van der Waals surface area contributed by atoms with Crippen LogP contribution in [-0.4, -0.2) is 78.6 Å². The summed E-state index contributed by atoms with van der Waals surface area (Å²) >= 11 is 0. The van der Waals surface area contributed by atoms with E-state index in [4.69, 9.17) is 23.7 Å². The Balaban J connectivity index is 1.27. The topological polar surface area (TPSA) is 116 Å². The van der Waals surface area contributed by atoms with E-state index in [9.17, 15) is 14.7 Å². The van der Waals surface area contributed by atoms with Crippen molar-refractivity contribution in [2.75, 3.05) is 13.7 Å². The summed E-state index contributed by atoms with van der Waals surface area (Å²) in [6.45, 7) is 11.9. The summed E-state index contributed by atoms with van der Waals surface area (Å²) in [4.78, 5) is 23.4. The fourth-order valence-corrected chi connectivity index (χ4v) is 6.06. The predicted molar refractivity (Wildman–Crippen MR) is 140 cm³/mol. The van der Waals surface area contributed by atoms with Crippen LogP contribution < -0.4 is 5.32 Å². The zero-order valence-electron chi connectivity index (χ0n) is 23.8. The van der Waals surface area contributed by atoms with Gasteiger partial charge in [-0.3, -0.25) is 9.59 Å². The average Bonchev–Trinajstić information content (AvgIpc) is 3.74. The molecule has 1 aliphatic carbocycles. The molecule has 0 radical (unpaired) electrons. The molecule has 3 unspecified atom stereocenters. The van der Waals surface area contributed by atoms with Gasteiger partial charge in [-0.25, -0.2) is 0 Å². The molecule has 0 aromatic rings. The molecular formula is C29H45NO8. The molecule has 4 aliphatic rings. The first-order valence-corrected chi connectivity index (χ1v) is 13.8. The lowest BCUT2D eigenvalue weighted by molar-refractivity contribution is -0.285. The number of carbonyl (C=O) groups is 2. The minimum atomic E-state index is -0.779. The van der Waals surface area contributed by atoms with Crippen molar-refractivity contribution >= 4 is 11.9 Å². The third kappa shape index (κ3) is 6.67. The van der Waals surface area contributed by atoms with Gasteiger partial charge in [0.05, 0.1) is 24.9 Å². The second-order valence-electron chi connectivity index (χ2n) is 12.3. The second-order valence-corrected chi connectivity index (χ2v) is 12.3. The first-order valence-electron chi connectivity index (χ1n) is 13.8. The average molecular weight is 536 g/mol. The quantitative estimate of drug-likeness (QED) is 0.200. The molecule has 3 heterocycles. The fourth-order valence-electron chi connectivity index (χ4n) is 6.06. The van der Waals surface area contributed by atoms with Gasteiger partial charge >= 0.3 is 5.97 Å². The molecule has 4 rings (SSSR count). The molecular weight excluding hydrogens is 490 g/mol. The second kappa shape index (κ2) is 11.0. The monoisotopic (exact) mass is 535 g/mol. The van der Waals surface area contributed by atoms with Crippen LogP contribution in [0.5, 0.6) is 0 Å². The van der Waals surface area contributed by atoms with Crippen molar-refractivity contribution in [3.8, 4) is 0 Å². The van der Waals surface area contributed by atoms with Gasteiger partial charge in [-0.15, -0.1) is 0 Å². The number of esters is 1. The van der Waals surface area contributed by atoms with Crippen LogP contribution in [-0.2, 0) is 33.3 Å². The highest BCUT2D eigenvalue weighted by atomic mass is 16.7. The van der Waals surface area contributed by atoms with Crippen LogP contribution in [0.1, 0.15) is 67.2 Å². The van der Waals surface area contributed by atoms with E-state index in [1.165, 1.54) is 13.0 Å². The maximum atomic E-state index is 12.4. The summed E-state index contributed by atoms with van der Waals surface area (Å²) in [5.74, 6) is -0.597. The molecule has 0 aromatic carbocycles. The number of aliphatic hydroxyl groups excluding tert-OH is 1. The SMILES string of the molecule is CO[C@]1(C)C[C@@]2(CO2)[C@H](O)C(/C=C/C2(C)CC2C[C@@H]2O[C@H](C)[C@H](NC(=O)/C=C\[C@H](C)OC(C)=O)C[C@@H]2C)O1. The van der Waals surface area contributed by atoms with Gasteiger partial charge in [0.15, 0.2) is 5.79 Å². The van der Waals surface area contributed by atoms with Crippen LogP contribution in [0.25, 0.3) is 0 Å². The highest BCUT2D eigenvalue weighted by Crippen LogP contribution is 2.57. The van der Waals surface area contributed by atoms with E-state index in [-0.39, 0.29) is 35.5 Å². The summed E-state index contributed by atoms with van der Waals surface area (Å²) in [5, 5.41) is 13.9. The summed E-state index contributed by atoms with van der Waals surface area (Å²) in [7, 11) is 1.62. The van der Waals surface area contributed by atoms with Crippen LogP contribution in [0.15, 0.2) is 24.3 Å². The Labute approximate surface area is 226 Å². The molecule has 0 aromatic heterocycles. The number of rotatable bonds is 9. The molecule has 2 N–H and O–H groups in total. The van der Waals surface area contributed by atoms with E-state index in [1.54, 1.807) is 20.1 Å². The van der Waals surface area contributed by atoms with Gasteiger partial charge in [0.1, 0.15) is 23.9 Å². The largest absolute Gasteiger partial charge is 0.459 e. The van der Waals surface area contributed by atoms with Crippen LogP contribution in [0.2, 0.25) is 0 Å². The van der Waals surface area contributed by atoms with Crippen molar-refractivity contribution in [3.05, 3.63) is 24.3 Å². The van der Waals surface area contributed by atoms with Crippen molar-refractivity contribution in [1.29, 1.82) is 0 Å². The predicted octanol–water partition coefficient (Wildman–Crippen LogP) is 3.05. The zero-order valence-corrected chi connectivity index (χ0v) is 23.8. The summed E-state index contributed by atoms with van der Waals surface area (Å²) in [5.41, 5.74) is -0.534. The highest BCUT2D eigenvalue weighted by Gasteiger charge is 2.62. The lowest BCUT2D eigenvalue weighted by Crippen LogP contribution is -2.55. The molecule has 0 bridgehead atoms. The number of amides is 1. The Kier molecular flexibility index (Phi) is 8.46. The van der Waals surface area contributed by atoms with Crippen LogP contribution in [0.3, 0.4) is 0 Å². The fraction of sp³-hybridized carbons (Fsp3) is 0.793. The van der Waals surface area contributed by atoms with Crippen molar-refractivity contribution in [3.63, 3.8) is 0 Å².